The van der Waals surface area contributed by atoms with Crippen LogP contribution in [-0.2, 0) is 11.2 Å². The average molecular weight is 473 g/mol. The second-order valence-corrected chi connectivity index (χ2v) is 8.53. The molecule has 2 atom stereocenters. The molecule has 0 spiro atoms. The van der Waals surface area contributed by atoms with Crippen molar-refractivity contribution in [3.05, 3.63) is 70.0 Å². The van der Waals surface area contributed by atoms with E-state index in [1.807, 2.05) is 35.3 Å². The molecular weight excluding hydrogens is 448 g/mol. The molecule has 0 aliphatic carbocycles. The van der Waals surface area contributed by atoms with Crippen molar-refractivity contribution in [1.82, 2.24) is 24.8 Å². The molecule has 0 bridgehead atoms. The first-order chi connectivity index (χ1) is 15.2. The van der Waals surface area contributed by atoms with Crippen LogP contribution in [0.1, 0.15) is 11.4 Å². The van der Waals surface area contributed by atoms with Gasteiger partial charge >= 0.3 is 0 Å². The minimum absolute atomic E-state index is 0. The molecule has 10 heteroatoms. The Labute approximate surface area is 195 Å². The Bertz CT molecular complexity index is 1230. The zero-order valence-electron chi connectivity index (χ0n) is 17.8. The van der Waals surface area contributed by atoms with Crippen molar-refractivity contribution in [3.63, 3.8) is 0 Å². The third-order valence-corrected chi connectivity index (χ3v) is 6.68. The maximum absolute atomic E-state index is 13.3. The highest BCUT2D eigenvalue weighted by molar-refractivity contribution is 7.12. The van der Waals surface area contributed by atoms with Crippen molar-refractivity contribution >= 4 is 40.3 Å². The topological polar surface area (TPSA) is 88.1 Å². The number of benzene rings is 1. The smallest absolute Gasteiger partial charge is 0.193 e. The largest absolute Gasteiger partial charge is 0.378 e. The van der Waals surface area contributed by atoms with Crippen LogP contribution in [-0.4, -0.2) is 58.9 Å². The van der Waals surface area contributed by atoms with Crippen LogP contribution in [0.3, 0.4) is 0 Å². The predicted octanol–water partition coefficient (Wildman–Crippen LogP) is 2.61. The number of rotatable bonds is 6. The van der Waals surface area contributed by atoms with E-state index in [0.29, 0.717) is 17.4 Å². The molecule has 32 heavy (non-hydrogen) atoms. The fraction of sp³-hybridized carbons (Fsp3) is 0.318. The minimum Gasteiger partial charge on any atom is -0.378 e. The summed E-state index contributed by atoms with van der Waals surface area (Å²) in [6, 6.07) is 6.30. The van der Waals surface area contributed by atoms with E-state index in [0.717, 1.165) is 35.2 Å². The first-order valence-electron chi connectivity index (χ1n) is 10.2. The number of anilines is 1. The summed E-state index contributed by atoms with van der Waals surface area (Å²) < 4.78 is 7.66. The van der Waals surface area contributed by atoms with Gasteiger partial charge in [-0.25, -0.2) is 9.97 Å². The van der Waals surface area contributed by atoms with E-state index in [2.05, 4.69) is 31.2 Å². The minimum atomic E-state index is 0. The van der Waals surface area contributed by atoms with Crippen LogP contribution in [0, 0.1) is 0 Å². The number of halogens is 1. The van der Waals surface area contributed by atoms with E-state index in [9.17, 15) is 4.79 Å². The number of nitrogens with zero attached hydrogens (tertiary/aromatic N) is 4. The van der Waals surface area contributed by atoms with Crippen molar-refractivity contribution in [3.8, 4) is 5.13 Å². The molecule has 8 nitrogen and oxygen atoms in total. The molecule has 0 amide bonds. The van der Waals surface area contributed by atoms with E-state index < -0.39 is 0 Å². The average Bonchev–Trinajstić information content (AvgIpc) is 3.56. The van der Waals surface area contributed by atoms with Crippen LogP contribution in [0.2, 0.25) is 0 Å². The van der Waals surface area contributed by atoms with Crippen LogP contribution in [0.15, 0.2) is 53.2 Å². The van der Waals surface area contributed by atoms with E-state index >= 15 is 0 Å². The number of methoxy groups -OCH3 is 1. The van der Waals surface area contributed by atoms with Crippen molar-refractivity contribution in [2.75, 3.05) is 32.1 Å². The molecule has 0 saturated carbocycles. The van der Waals surface area contributed by atoms with Crippen LogP contribution in [0.5, 0.6) is 0 Å². The number of aromatic amines is 1. The molecular formula is C22H25ClN6O2S. The monoisotopic (exact) mass is 472 g/mol. The summed E-state index contributed by atoms with van der Waals surface area (Å²) in [5, 5.41) is 6.78. The van der Waals surface area contributed by atoms with Crippen molar-refractivity contribution in [2.24, 2.45) is 0 Å². The van der Waals surface area contributed by atoms with E-state index in [1.165, 1.54) is 0 Å². The van der Waals surface area contributed by atoms with Gasteiger partial charge in [-0.2, -0.15) is 0 Å². The first-order valence-corrected chi connectivity index (χ1v) is 11.1. The lowest BCUT2D eigenvalue weighted by molar-refractivity contribution is 0.0996. The Balaban J connectivity index is 0.00000245. The van der Waals surface area contributed by atoms with Gasteiger partial charge in [0.25, 0.3) is 0 Å². The van der Waals surface area contributed by atoms with Gasteiger partial charge in [-0.05, 0) is 25.2 Å². The molecule has 2 N–H and O–H groups in total. The standard InChI is InChI=1S/C22H24N6O2S.ClH/c1-23-17-12-27(13-19(17)30-2)15-3-4-16-18(10-15)28(22-26-7-8-31-22)11-14(21(16)29)9-20-24-5-6-25-20;/h3-8,10-11,17,19,23H,9,12-13H2,1-2H3,(H,24,25);1H/t17-,19-;/m0./s1. The zero-order valence-corrected chi connectivity index (χ0v) is 19.4. The molecule has 1 saturated heterocycles. The summed E-state index contributed by atoms with van der Waals surface area (Å²) in [5.74, 6) is 0.763. The number of ether oxygens (including phenoxy) is 1. The molecule has 0 radical (unpaired) electrons. The number of hydrogen-bond donors (Lipinski definition) is 2. The summed E-state index contributed by atoms with van der Waals surface area (Å²) >= 11 is 1.54. The highest BCUT2D eigenvalue weighted by Crippen LogP contribution is 2.27. The summed E-state index contributed by atoms with van der Waals surface area (Å²) in [7, 11) is 3.71. The number of fused-ring (bicyclic) bond motifs is 1. The van der Waals surface area contributed by atoms with Crippen LogP contribution in [0.4, 0.5) is 5.69 Å². The van der Waals surface area contributed by atoms with Crippen molar-refractivity contribution in [1.29, 1.82) is 0 Å². The highest BCUT2D eigenvalue weighted by atomic mass is 35.5. The normalized spacial score (nSPS) is 18.2. The Morgan fingerprint density at radius 2 is 2.16 bits per heavy atom. The molecule has 5 rings (SSSR count). The van der Waals surface area contributed by atoms with E-state index in [-0.39, 0.29) is 30.0 Å². The van der Waals surface area contributed by atoms with Gasteiger partial charge in [0.2, 0.25) is 0 Å². The maximum atomic E-state index is 13.3. The molecule has 1 aliphatic heterocycles. The van der Waals surface area contributed by atoms with E-state index in [4.69, 9.17) is 4.74 Å². The summed E-state index contributed by atoms with van der Waals surface area (Å²) in [6.07, 6.45) is 7.71. The lowest BCUT2D eigenvalue weighted by atomic mass is 10.1. The Morgan fingerprint density at radius 3 is 2.81 bits per heavy atom. The number of likely N-dealkylation sites (N-methyl/N-ethyl adjacent to an activating group) is 1. The Hall–Kier alpha value is -2.72. The van der Waals surface area contributed by atoms with Gasteiger partial charge < -0.3 is 19.9 Å². The van der Waals surface area contributed by atoms with Crippen LogP contribution in [0.25, 0.3) is 16.0 Å². The molecule has 0 unspecified atom stereocenters. The van der Waals surface area contributed by atoms with Crippen LogP contribution < -0.4 is 15.6 Å². The quantitative estimate of drug-likeness (QED) is 0.448. The molecule has 4 heterocycles. The molecule has 3 aromatic heterocycles. The maximum Gasteiger partial charge on any atom is 0.193 e. The van der Waals surface area contributed by atoms with Crippen molar-refractivity contribution < 1.29 is 4.74 Å². The number of nitrogens with one attached hydrogen (secondary N) is 2. The number of hydrogen-bond acceptors (Lipinski definition) is 7. The van der Waals surface area contributed by atoms with Crippen LogP contribution >= 0.6 is 23.7 Å². The summed E-state index contributed by atoms with van der Waals surface area (Å²) in [6.45, 7) is 1.64. The molecule has 4 aromatic rings. The molecule has 1 aromatic carbocycles. The molecule has 1 fully saturated rings. The SMILES string of the molecule is CN[C@H]1CN(c2ccc3c(=O)c(Cc4ncc[nH]4)cn(-c4nccs4)c3c2)C[C@@H]1OC.Cl. The van der Waals surface area contributed by atoms with Gasteiger partial charge in [-0.3, -0.25) is 9.36 Å². The highest BCUT2D eigenvalue weighted by Gasteiger charge is 2.32. The third-order valence-electron chi connectivity index (χ3n) is 5.91. The fourth-order valence-corrected chi connectivity index (χ4v) is 4.89. The summed E-state index contributed by atoms with van der Waals surface area (Å²) in [5.41, 5.74) is 2.62. The fourth-order valence-electron chi connectivity index (χ4n) is 4.26. The first kappa shape index (κ1) is 22.5. The number of thiazole rings is 1. The Kier molecular flexibility index (Phi) is 6.61. The number of imidazole rings is 1. The van der Waals surface area contributed by atoms with Gasteiger partial charge in [0.15, 0.2) is 10.6 Å². The predicted molar refractivity (Wildman–Crippen MR) is 130 cm³/mol. The van der Waals surface area contributed by atoms with Gasteiger partial charge in [-0.1, -0.05) is 0 Å². The second kappa shape index (κ2) is 9.41. The number of pyridine rings is 1. The van der Waals surface area contributed by atoms with Crippen molar-refractivity contribution in [2.45, 2.75) is 18.6 Å². The van der Waals surface area contributed by atoms with Gasteiger partial charge in [-0.15, -0.1) is 23.7 Å². The number of H-pyrrole nitrogens is 1. The van der Waals surface area contributed by atoms with Gasteiger partial charge in [0.05, 0.1) is 17.7 Å². The van der Waals surface area contributed by atoms with Gasteiger partial charge in [0, 0.05) is 73.4 Å². The summed E-state index contributed by atoms with van der Waals surface area (Å²) in [4.78, 5) is 27.4. The zero-order chi connectivity index (χ0) is 21.4. The third kappa shape index (κ3) is 4.04. The van der Waals surface area contributed by atoms with E-state index in [1.54, 1.807) is 37.0 Å². The lowest BCUT2D eigenvalue weighted by Crippen LogP contribution is -2.37. The number of aromatic nitrogens is 4. The molecule has 1 aliphatic rings. The second-order valence-electron chi connectivity index (χ2n) is 7.66. The molecule has 168 valence electrons. The lowest BCUT2D eigenvalue weighted by Gasteiger charge is -2.20. The van der Waals surface area contributed by atoms with Gasteiger partial charge in [0.1, 0.15) is 5.82 Å². The Morgan fingerprint density at radius 1 is 1.28 bits per heavy atom.